The highest BCUT2D eigenvalue weighted by atomic mass is 19.1. The van der Waals surface area contributed by atoms with Crippen LogP contribution in [-0.2, 0) is 0 Å². The van der Waals surface area contributed by atoms with Crippen LogP contribution in [0, 0.1) is 39.3 Å². The van der Waals surface area contributed by atoms with Gasteiger partial charge in [-0.3, -0.25) is 89.3 Å². The first-order valence-corrected chi connectivity index (χ1v) is 37.7. The van der Waals surface area contributed by atoms with Crippen molar-refractivity contribution >= 4 is 111 Å². The van der Waals surface area contributed by atoms with Crippen LogP contribution < -0.4 is 42.8 Å². The molecule has 0 aliphatic carbocycles. The maximum atomic E-state index is 14.1. The number of nitrogens with one attached hydrogen (secondary N) is 3. The number of nitrogens with two attached hydrogens (primary N) is 2. The lowest BCUT2D eigenvalue weighted by Crippen LogP contribution is -2.30. The van der Waals surface area contributed by atoms with Crippen LogP contribution in [0.15, 0.2) is 318 Å². The lowest BCUT2D eigenvalue weighted by atomic mass is 10.2. The monoisotopic (exact) mass is 1500 g/mol. The Balaban J connectivity index is 0.000000119. The van der Waals surface area contributed by atoms with E-state index >= 15 is 0 Å². The third kappa shape index (κ3) is 18.0. The largest absolute Gasteiger partial charge is 0.396 e. The second-order valence-electron chi connectivity index (χ2n) is 26.9. The molecule has 6 aromatic carbocycles. The van der Waals surface area contributed by atoms with Gasteiger partial charge in [-0.1, -0.05) is 130 Å². The zero-order valence-corrected chi connectivity index (χ0v) is 64.4. The number of para-hydroxylation sites is 6. The second kappa shape index (κ2) is 36.7. The van der Waals surface area contributed by atoms with Gasteiger partial charge in [0.1, 0.15) is 0 Å². The van der Waals surface area contributed by atoms with E-state index in [9.17, 15) is 8.78 Å². The molecule has 0 saturated carbocycles. The fraction of sp³-hybridized carbons (Fsp3) is 0.143. The van der Waals surface area contributed by atoms with Crippen molar-refractivity contribution in [3.05, 3.63) is 352 Å². The maximum Gasteiger partial charge on any atom is 0.166 e. The summed E-state index contributed by atoms with van der Waals surface area (Å²) in [6, 6.07) is 68.9. The van der Waals surface area contributed by atoms with E-state index < -0.39 is 0 Å². The lowest BCUT2D eigenvalue weighted by molar-refractivity contribution is 0.596. The van der Waals surface area contributed by atoms with Crippen LogP contribution in [0.2, 0.25) is 0 Å². The average Bonchev–Trinajstić information content (AvgIpc) is 1.64. The molecule has 22 heteroatoms. The highest BCUT2D eigenvalue weighted by Crippen LogP contribution is 2.31. The number of anilines is 8. The summed E-state index contributed by atoms with van der Waals surface area (Å²) in [6.45, 7) is 17.4. The predicted octanol–water partition coefficient (Wildman–Crippen LogP) is 20.6. The van der Waals surface area contributed by atoms with E-state index in [4.69, 9.17) is 11.5 Å². The van der Waals surface area contributed by atoms with E-state index in [2.05, 4.69) is 229 Å². The van der Waals surface area contributed by atoms with Crippen LogP contribution in [0.1, 0.15) is 62.3 Å². The molecule has 18 aromatic rings. The fourth-order valence-corrected chi connectivity index (χ4v) is 13.6. The molecule has 0 amide bonds. The molecule has 0 spiro atoms. The predicted molar refractivity (Wildman–Crippen MR) is 461 cm³/mol. The first-order valence-electron chi connectivity index (χ1n) is 37.7. The molecule has 0 aliphatic rings. The molecule has 7 N–H and O–H groups in total. The first-order chi connectivity index (χ1) is 55.3. The Labute approximate surface area is 656 Å². The van der Waals surface area contributed by atoms with Crippen molar-refractivity contribution in [3.63, 3.8) is 0 Å². The lowest BCUT2D eigenvalue weighted by Gasteiger charge is -2.27. The van der Waals surface area contributed by atoms with Gasteiger partial charge in [0.15, 0.2) is 11.6 Å². The molecule has 0 atom stereocenters. The van der Waals surface area contributed by atoms with Crippen LogP contribution in [-0.4, -0.2) is 77.6 Å². The number of nitrogen functional groups attached to an aromatic ring is 2. The van der Waals surface area contributed by atoms with E-state index in [1.807, 2.05) is 152 Å². The molecule has 0 aliphatic heterocycles. The average molecular weight is 1500 g/mol. The Kier molecular flexibility index (Phi) is 25.0. The molecule has 0 radical (unpaired) electrons. The van der Waals surface area contributed by atoms with Crippen molar-refractivity contribution in [1.82, 2.24) is 58.0 Å². The normalized spacial score (nSPS) is 10.8. The SMILES string of the molecule is CCCN(c1ccncc1)n1ccc2ccccc21.CCCN(c1ccncc1F)n1cc(C)c2ccccc21.CCCN(c1ccncc1N)n1cc(C)c2ccccc21.Cc1cn(Nc2ccncc2F)c2ccccc12.Cc1cn(Nc2ccncc2N)c2ccccc12.c1ccc2c(c1)ccn2Nc1ccncc1. The highest BCUT2D eigenvalue weighted by Gasteiger charge is 2.19. The molecule has 113 heavy (non-hydrogen) atoms. The Morgan fingerprint density at radius 3 is 1.26 bits per heavy atom. The topological polar surface area (TPSA) is 205 Å². The number of benzene rings is 6. The minimum Gasteiger partial charge on any atom is -0.396 e. The van der Waals surface area contributed by atoms with Gasteiger partial charge >= 0.3 is 0 Å². The van der Waals surface area contributed by atoms with Gasteiger partial charge in [0.2, 0.25) is 0 Å². The van der Waals surface area contributed by atoms with E-state index in [0.29, 0.717) is 22.7 Å². The molecular formula is C91H92F2N20. The van der Waals surface area contributed by atoms with E-state index in [0.717, 1.165) is 83.5 Å². The third-order valence-electron chi connectivity index (χ3n) is 19.0. The quantitative estimate of drug-likeness (QED) is 0.0542. The molecule has 18 rings (SSSR count). The van der Waals surface area contributed by atoms with Crippen molar-refractivity contribution in [2.75, 3.05) is 62.4 Å². The molecule has 0 bridgehead atoms. The zero-order chi connectivity index (χ0) is 78.6. The minimum absolute atomic E-state index is 0.304. The second-order valence-corrected chi connectivity index (χ2v) is 26.9. The molecule has 0 saturated heterocycles. The van der Waals surface area contributed by atoms with E-state index in [-0.39, 0.29) is 11.6 Å². The standard InChI is InChI=1S/C17H18FN3.C17H20N4.C16H17N3.C14H12FN3.C14H14N4.C13H11N3/c2*1-3-10-20(17-8-9-19-11-15(17)18)21-12-13(2)14-6-4-5-7-16(14)21;1-2-12-18(15-7-10-17-11-8-15)19-13-9-14-5-3-4-6-16(14)19;2*1-10-9-18(14-5-3-2-4-11(10)14)17-13-6-7-16-8-12(13)15;1-2-4-13-11(3-1)7-10-16(13)15-12-5-8-14-9-6-12/h4-9,11-12H,3,10H2,1-2H3;4-9,11-12H,3,10,18H2,1-2H3;3-11,13H,2,12H2,1H3;2-9H,1H3,(H,16,17);2-9H,15H2,1H3,(H,16,17);1-10H,(H,14,15). The van der Waals surface area contributed by atoms with Crippen molar-refractivity contribution in [1.29, 1.82) is 0 Å². The summed E-state index contributed by atoms with van der Waals surface area (Å²) in [6.07, 6.45) is 35.1. The Bertz CT molecular complexity index is 5850. The van der Waals surface area contributed by atoms with Gasteiger partial charge in [-0.25, -0.2) is 8.78 Å². The molecule has 570 valence electrons. The van der Waals surface area contributed by atoms with Gasteiger partial charge in [-0.05, 0) is 166 Å². The summed E-state index contributed by atoms with van der Waals surface area (Å²) in [7, 11) is 0. The number of pyridine rings is 6. The van der Waals surface area contributed by atoms with Gasteiger partial charge in [-0.2, -0.15) is 0 Å². The number of nitrogens with zero attached hydrogens (tertiary/aromatic N) is 15. The van der Waals surface area contributed by atoms with Gasteiger partial charge in [0.25, 0.3) is 0 Å². The van der Waals surface area contributed by atoms with E-state index in [1.165, 1.54) is 78.3 Å². The van der Waals surface area contributed by atoms with Crippen LogP contribution >= 0.6 is 0 Å². The summed E-state index contributed by atoms with van der Waals surface area (Å²) in [5, 5.41) is 13.8. The summed E-state index contributed by atoms with van der Waals surface area (Å²) < 4.78 is 39.9. The van der Waals surface area contributed by atoms with Crippen LogP contribution in [0.3, 0.4) is 0 Å². The van der Waals surface area contributed by atoms with Crippen LogP contribution in [0.4, 0.5) is 54.3 Å². The summed E-state index contributed by atoms with van der Waals surface area (Å²) >= 11 is 0. The number of rotatable bonds is 18. The van der Waals surface area contributed by atoms with Crippen molar-refractivity contribution in [3.8, 4) is 0 Å². The summed E-state index contributed by atoms with van der Waals surface area (Å²) in [5.41, 5.74) is 39.6. The third-order valence-corrected chi connectivity index (χ3v) is 19.0. The van der Waals surface area contributed by atoms with Gasteiger partial charge < -0.3 is 11.5 Å². The Hall–Kier alpha value is -14.3. The van der Waals surface area contributed by atoms with Gasteiger partial charge in [-0.15, -0.1) is 0 Å². The maximum absolute atomic E-state index is 14.1. The molecule has 0 fully saturated rings. The van der Waals surface area contributed by atoms with Gasteiger partial charge in [0.05, 0.1) is 103 Å². The van der Waals surface area contributed by atoms with Crippen LogP contribution in [0.25, 0.3) is 65.4 Å². The number of aryl methyl sites for hydroxylation is 4. The van der Waals surface area contributed by atoms with Crippen molar-refractivity contribution in [2.24, 2.45) is 0 Å². The number of hydrogen-bond acceptors (Lipinski definition) is 14. The number of halogens is 2. The molecule has 12 heterocycles. The molecule has 0 unspecified atom stereocenters. The number of fused-ring (bicyclic) bond motifs is 6. The zero-order valence-electron chi connectivity index (χ0n) is 64.4. The number of hydrogen-bond donors (Lipinski definition) is 5. The molecule has 20 nitrogen and oxygen atoms in total. The molecular weight excluding hydrogens is 1410 g/mol. The van der Waals surface area contributed by atoms with E-state index in [1.54, 1.807) is 61.7 Å². The fourth-order valence-electron chi connectivity index (χ4n) is 13.6. The first kappa shape index (κ1) is 76.9. The van der Waals surface area contributed by atoms with Crippen LogP contribution in [0.5, 0.6) is 0 Å². The minimum atomic E-state index is -0.368. The smallest absolute Gasteiger partial charge is 0.166 e. The van der Waals surface area contributed by atoms with Gasteiger partial charge in [0, 0.05) is 139 Å². The Morgan fingerprint density at radius 2 is 0.726 bits per heavy atom. The molecule has 12 aromatic heterocycles. The van der Waals surface area contributed by atoms with Crippen molar-refractivity contribution < 1.29 is 8.78 Å². The van der Waals surface area contributed by atoms with Crippen molar-refractivity contribution in [2.45, 2.75) is 67.7 Å². The summed E-state index contributed by atoms with van der Waals surface area (Å²) in [5.74, 6) is -0.672. The highest BCUT2D eigenvalue weighted by molar-refractivity contribution is 5.88. The number of aromatic nitrogens is 12. The summed E-state index contributed by atoms with van der Waals surface area (Å²) in [4.78, 5) is 23.7. The Morgan fingerprint density at radius 1 is 0.327 bits per heavy atom.